The first-order valence-electron chi connectivity index (χ1n) is 5.80. The zero-order chi connectivity index (χ0) is 13.9. The summed E-state index contributed by atoms with van der Waals surface area (Å²) in [4.78, 5) is 28.0. The van der Waals surface area contributed by atoms with Crippen molar-refractivity contribution in [2.45, 2.75) is 46.1 Å². The molecule has 0 aromatic carbocycles. The van der Waals surface area contributed by atoms with Gasteiger partial charge in [-0.3, -0.25) is 4.79 Å². The second-order valence-electron chi connectivity index (χ2n) is 4.49. The molecule has 18 heavy (non-hydrogen) atoms. The topological polar surface area (TPSA) is 79.3 Å². The SMILES string of the molecule is CCCC(C)(NC(=O)c1sc(C)nc1C)C(=O)O. The van der Waals surface area contributed by atoms with Gasteiger partial charge in [-0.05, 0) is 27.2 Å². The van der Waals surface area contributed by atoms with E-state index in [0.29, 0.717) is 23.4 Å². The average Bonchev–Trinajstić information content (AvgIpc) is 2.57. The number of nitrogens with zero attached hydrogens (tertiary/aromatic N) is 1. The highest BCUT2D eigenvalue weighted by molar-refractivity contribution is 7.13. The predicted octanol–water partition coefficient (Wildman–Crippen LogP) is 2.13. The van der Waals surface area contributed by atoms with Gasteiger partial charge in [-0.1, -0.05) is 13.3 Å². The van der Waals surface area contributed by atoms with Crippen LogP contribution in [0.5, 0.6) is 0 Å². The van der Waals surface area contributed by atoms with Crippen LogP contribution in [0.1, 0.15) is 47.1 Å². The lowest BCUT2D eigenvalue weighted by Crippen LogP contribution is -2.52. The largest absolute Gasteiger partial charge is 0.480 e. The Balaban J connectivity index is 2.92. The molecule has 0 spiro atoms. The highest BCUT2D eigenvalue weighted by Gasteiger charge is 2.34. The Hall–Kier alpha value is -1.43. The Morgan fingerprint density at radius 1 is 1.44 bits per heavy atom. The number of carboxylic acid groups (broad SMARTS) is 1. The number of rotatable bonds is 5. The third-order valence-corrected chi connectivity index (χ3v) is 3.79. The summed E-state index contributed by atoms with van der Waals surface area (Å²) in [5.74, 6) is -1.38. The van der Waals surface area contributed by atoms with Crippen LogP contribution < -0.4 is 5.32 Å². The second-order valence-corrected chi connectivity index (χ2v) is 5.69. The van der Waals surface area contributed by atoms with E-state index in [4.69, 9.17) is 0 Å². The molecule has 2 N–H and O–H groups in total. The highest BCUT2D eigenvalue weighted by Crippen LogP contribution is 2.19. The summed E-state index contributed by atoms with van der Waals surface area (Å²) in [7, 11) is 0. The molecule has 1 amide bonds. The lowest BCUT2D eigenvalue weighted by molar-refractivity contribution is -0.144. The molecule has 0 aliphatic heterocycles. The van der Waals surface area contributed by atoms with Crippen molar-refractivity contribution in [3.63, 3.8) is 0 Å². The van der Waals surface area contributed by atoms with E-state index in [1.807, 2.05) is 13.8 Å². The van der Waals surface area contributed by atoms with Crippen molar-refractivity contribution in [1.29, 1.82) is 0 Å². The van der Waals surface area contributed by atoms with E-state index in [-0.39, 0.29) is 5.91 Å². The number of amides is 1. The minimum Gasteiger partial charge on any atom is -0.480 e. The van der Waals surface area contributed by atoms with Gasteiger partial charge in [0.25, 0.3) is 5.91 Å². The summed E-state index contributed by atoms with van der Waals surface area (Å²) >= 11 is 1.28. The van der Waals surface area contributed by atoms with Gasteiger partial charge in [0.1, 0.15) is 10.4 Å². The Labute approximate surface area is 110 Å². The average molecular weight is 270 g/mol. The number of aryl methyl sites for hydroxylation is 2. The molecule has 1 rings (SSSR count). The zero-order valence-corrected chi connectivity index (χ0v) is 11.8. The molecular formula is C12H18N2O3S. The fourth-order valence-electron chi connectivity index (χ4n) is 1.77. The fraction of sp³-hybridized carbons (Fsp3) is 0.583. The normalized spacial score (nSPS) is 14.0. The number of thiazole rings is 1. The Bertz CT molecular complexity index is 470. The minimum absolute atomic E-state index is 0.364. The molecule has 0 saturated carbocycles. The van der Waals surface area contributed by atoms with E-state index in [9.17, 15) is 14.7 Å². The van der Waals surface area contributed by atoms with Gasteiger partial charge < -0.3 is 10.4 Å². The summed E-state index contributed by atoms with van der Waals surface area (Å²) in [6.45, 7) is 6.97. The molecule has 6 heteroatoms. The van der Waals surface area contributed by atoms with Crippen LogP contribution in [0.4, 0.5) is 0 Å². The van der Waals surface area contributed by atoms with Gasteiger partial charge in [0, 0.05) is 0 Å². The third kappa shape index (κ3) is 3.07. The number of carbonyl (C=O) groups is 2. The van der Waals surface area contributed by atoms with E-state index < -0.39 is 11.5 Å². The van der Waals surface area contributed by atoms with Crippen molar-refractivity contribution in [2.24, 2.45) is 0 Å². The van der Waals surface area contributed by atoms with Crippen LogP contribution in [0.2, 0.25) is 0 Å². The molecule has 1 heterocycles. The molecule has 1 unspecified atom stereocenters. The molecule has 100 valence electrons. The third-order valence-electron chi connectivity index (χ3n) is 2.72. The van der Waals surface area contributed by atoms with E-state index in [1.165, 1.54) is 18.3 Å². The van der Waals surface area contributed by atoms with E-state index in [1.54, 1.807) is 6.92 Å². The van der Waals surface area contributed by atoms with E-state index in [0.717, 1.165) is 5.01 Å². The zero-order valence-electron chi connectivity index (χ0n) is 11.0. The first kappa shape index (κ1) is 14.6. The number of aliphatic carboxylic acids is 1. The van der Waals surface area contributed by atoms with Crippen LogP contribution in [0, 0.1) is 13.8 Å². The summed E-state index contributed by atoms with van der Waals surface area (Å²) in [6, 6.07) is 0. The highest BCUT2D eigenvalue weighted by atomic mass is 32.1. The molecule has 0 radical (unpaired) electrons. The number of nitrogens with one attached hydrogen (secondary N) is 1. The van der Waals surface area contributed by atoms with Gasteiger partial charge in [0.2, 0.25) is 0 Å². The smallest absolute Gasteiger partial charge is 0.329 e. The van der Waals surface area contributed by atoms with Crippen LogP contribution in [0.15, 0.2) is 0 Å². The van der Waals surface area contributed by atoms with Gasteiger partial charge in [-0.25, -0.2) is 9.78 Å². The Kier molecular flexibility index (Phi) is 4.45. The molecule has 0 bridgehead atoms. The summed E-state index contributed by atoms with van der Waals surface area (Å²) in [6.07, 6.45) is 1.08. The molecule has 1 aromatic heterocycles. The number of aromatic nitrogens is 1. The van der Waals surface area contributed by atoms with E-state index in [2.05, 4.69) is 10.3 Å². The monoisotopic (exact) mass is 270 g/mol. The Morgan fingerprint density at radius 3 is 2.44 bits per heavy atom. The quantitative estimate of drug-likeness (QED) is 0.859. The van der Waals surface area contributed by atoms with Gasteiger partial charge in [0.15, 0.2) is 0 Å². The van der Waals surface area contributed by atoms with Crippen LogP contribution >= 0.6 is 11.3 Å². The molecule has 0 fully saturated rings. The number of carboxylic acids is 1. The maximum Gasteiger partial charge on any atom is 0.329 e. The minimum atomic E-state index is -1.23. The summed E-state index contributed by atoms with van der Waals surface area (Å²) in [5, 5.41) is 12.6. The van der Waals surface area contributed by atoms with Crippen molar-refractivity contribution in [2.75, 3.05) is 0 Å². The maximum atomic E-state index is 12.1. The van der Waals surface area contributed by atoms with Crippen molar-refractivity contribution in [1.82, 2.24) is 10.3 Å². The summed E-state index contributed by atoms with van der Waals surface area (Å²) in [5.41, 5.74) is -0.588. The molecule has 1 atom stereocenters. The standard InChI is InChI=1S/C12H18N2O3S/c1-5-6-12(4,11(16)17)14-10(15)9-7(2)13-8(3)18-9/h5-6H2,1-4H3,(H,14,15)(H,16,17). The Morgan fingerprint density at radius 2 is 2.06 bits per heavy atom. The first-order chi connectivity index (χ1) is 8.30. The number of hydrogen-bond donors (Lipinski definition) is 2. The lowest BCUT2D eigenvalue weighted by atomic mass is 9.96. The number of carbonyl (C=O) groups excluding carboxylic acids is 1. The van der Waals surface area contributed by atoms with Crippen molar-refractivity contribution in [3.8, 4) is 0 Å². The molecule has 1 aromatic rings. The van der Waals surface area contributed by atoms with Gasteiger partial charge in [-0.2, -0.15) is 0 Å². The van der Waals surface area contributed by atoms with E-state index >= 15 is 0 Å². The first-order valence-corrected chi connectivity index (χ1v) is 6.61. The lowest BCUT2D eigenvalue weighted by Gasteiger charge is -2.25. The maximum absolute atomic E-state index is 12.1. The van der Waals surface area contributed by atoms with Gasteiger partial charge in [-0.15, -0.1) is 11.3 Å². The fourth-order valence-corrected chi connectivity index (χ4v) is 2.59. The van der Waals surface area contributed by atoms with Crippen LogP contribution in [-0.2, 0) is 4.79 Å². The van der Waals surface area contributed by atoms with Crippen LogP contribution in [-0.4, -0.2) is 27.5 Å². The van der Waals surface area contributed by atoms with Crippen LogP contribution in [0.3, 0.4) is 0 Å². The summed E-state index contributed by atoms with van der Waals surface area (Å²) < 4.78 is 0. The van der Waals surface area contributed by atoms with Crippen molar-refractivity contribution < 1.29 is 14.7 Å². The van der Waals surface area contributed by atoms with Gasteiger partial charge >= 0.3 is 5.97 Å². The second kappa shape index (κ2) is 5.48. The molecule has 5 nitrogen and oxygen atoms in total. The van der Waals surface area contributed by atoms with Crippen molar-refractivity contribution in [3.05, 3.63) is 15.6 Å². The van der Waals surface area contributed by atoms with Crippen molar-refractivity contribution >= 4 is 23.2 Å². The van der Waals surface area contributed by atoms with Gasteiger partial charge in [0.05, 0.1) is 10.7 Å². The molecule has 0 saturated heterocycles. The number of hydrogen-bond acceptors (Lipinski definition) is 4. The van der Waals surface area contributed by atoms with Crippen LogP contribution in [0.25, 0.3) is 0 Å². The predicted molar refractivity (Wildman–Crippen MR) is 70.0 cm³/mol. The molecule has 0 aliphatic carbocycles. The molecule has 0 aliphatic rings. The molecular weight excluding hydrogens is 252 g/mol.